The van der Waals surface area contributed by atoms with E-state index < -0.39 is 0 Å². The van der Waals surface area contributed by atoms with Gasteiger partial charge >= 0.3 is 0 Å². The van der Waals surface area contributed by atoms with Crippen LogP contribution in [0.4, 0.5) is 0 Å². The van der Waals surface area contributed by atoms with Crippen LogP contribution in [0.5, 0.6) is 11.5 Å². The molecule has 1 aliphatic rings. The summed E-state index contributed by atoms with van der Waals surface area (Å²) >= 11 is 0. The molecule has 1 aliphatic heterocycles. The van der Waals surface area contributed by atoms with Gasteiger partial charge in [0, 0.05) is 0 Å². The van der Waals surface area contributed by atoms with Gasteiger partial charge in [0.1, 0.15) is 17.8 Å². The van der Waals surface area contributed by atoms with Crippen molar-refractivity contribution in [2.45, 2.75) is 13.5 Å². The van der Waals surface area contributed by atoms with Gasteiger partial charge < -0.3 is 13.9 Å². The first-order valence-corrected chi connectivity index (χ1v) is 6.48. The second-order valence-electron chi connectivity index (χ2n) is 4.69. The molecule has 2 aromatic heterocycles. The fourth-order valence-corrected chi connectivity index (χ4v) is 2.30. The molecule has 0 amide bonds. The maximum atomic E-state index is 5.39. The molecule has 0 saturated carbocycles. The van der Waals surface area contributed by atoms with Crippen molar-refractivity contribution in [3.8, 4) is 23.0 Å². The summed E-state index contributed by atoms with van der Waals surface area (Å²) < 4.78 is 17.7. The van der Waals surface area contributed by atoms with Crippen molar-refractivity contribution in [2.75, 3.05) is 6.79 Å². The van der Waals surface area contributed by atoms with Gasteiger partial charge in [0.15, 0.2) is 23.7 Å². The molecule has 3 heterocycles. The number of hydrogen-bond donors (Lipinski definition) is 0. The van der Waals surface area contributed by atoms with Crippen LogP contribution >= 0.6 is 0 Å². The molecule has 106 valence electrons. The molecular weight excluding hydrogens is 272 g/mol. The molecule has 0 aliphatic carbocycles. The zero-order valence-corrected chi connectivity index (χ0v) is 11.3. The third-order valence-electron chi connectivity index (χ3n) is 3.34. The van der Waals surface area contributed by atoms with Crippen LogP contribution in [0.3, 0.4) is 0 Å². The number of benzene rings is 1. The summed E-state index contributed by atoms with van der Waals surface area (Å²) in [4.78, 5) is 8.45. The van der Waals surface area contributed by atoms with E-state index in [0.717, 1.165) is 22.8 Å². The minimum atomic E-state index is 0.269. The summed E-state index contributed by atoms with van der Waals surface area (Å²) in [7, 11) is 0. The molecular formula is C14H12N4O3. The Labute approximate surface area is 120 Å². The van der Waals surface area contributed by atoms with Crippen LogP contribution < -0.4 is 9.47 Å². The fourth-order valence-electron chi connectivity index (χ4n) is 2.30. The number of nitrogens with zero attached hydrogens (tertiary/aromatic N) is 4. The standard InChI is InChI=1S/C14H12N4O3/c1-9-13(16-7-19-9)14-15-6-17-18(14)5-10-2-3-11-12(4-10)21-8-20-11/h2-4,6-7H,5,8H2,1H3. The van der Waals surface area contributed by atoms with Crippen molar-refractivity contribution in [1.82, 2.24) is 19.7 Å². The SMILES string of the molecule is Cc1ocnc1-c1ncnn1Cc1ccc2c(c1)OCO2. The Hall–Kier alpha value is -2.83. The van der Waals surface area contributed by atoms with E-state index >= 15 is 0 Å². The first kappa shape index (κ1) is 12.0. The van der Waals surface area contributed by atoms with E-state index in [-0.39, 0.29) is 6.79 Å². The molecule has 3 aromatic rings. The molecule has 4 rings (SSSR count). The lowest BCUT2D eigenvalue weighted by atomic mass is 10.2. The Morgan fingerprint density at radius 1 is 1.19 bits per heavy atom. The summed E-state index contributed by atoms with van der Waals surface area (Å²) in [6, 6.07) is 5.83. The number of fused-ring (bicyclic) bond motifs is 1. The first-order valence-electron chi connectivity index (χ1n) is 6.48. The highest BCUT2D eigenvalue weighted by molar-refractivity contribution is 5.51. The normalized spacial score (nSPS) is 12.8. The average molecular weight is 284 g/mol. The van der Waals surface area contributed by atoms with Gasteiger partial charge in [-0.25, -0.2) is 14.6 Å². The van der Waals surface area contributed by atoms with Crippen LogP contribution in [0.15, 0.2) is 35.3 Å². The van der Waals surface area contributed by atoms with Crippen LogP contribution in [0, 0.1) is 6.92 Å². The maximum absolute atomic E-state index is 5.39. The topological polar surface area (TPSA) is 75.2 Å². The predicted octanol–water partition coefficient (Wildman–Crippen LogP) is 2.02. The molecule has 0 fully saturated rings. The van der Waals surface area contributed by atoms with Crippen molar-refractivity contribution in [3.05, 3.63) is 42.2 Å². The van der Waals surface area contributed by atoms with Crippen molar-refractivity contribution in [1.29, 1.82) is 0 Å². The van der Waals surface area contributed by atoms with Gasteiger partial charge in [0.25, 0.3) is 0 Å². The van der Waals surface area contributed by atoms with Crippen LogP contribution in [0.1, 0.15) is 11.3 Å². The monoisotopic (exact) mass is 284 g/mol. The van der Waals surface area contributed by atoms with E-state index in [2.05, 4.69) is 15.1 Å². The summed E-state index contributed by atoms with van der Waals surface area (Å²) in [6.07, 6.45) is 2.92. The highest BCUT2D eigenvalue weighted by atomic mass is 16.7. The lowest BCUT2D eigenvalue weighted by molar-refractivity contribution is 0.174. The smallest absolute Gasteiger partial charge is 0.231 e. The number of rotatable bonds is 3. The number of aryl methyl sites for hydroxylation is 1. The van der Waals surface area contributed by atoms with E-state index in [1.54, 1.807) is 4.68 Å². The van der Waals surface area contributed by atoms with Gasteiger partial charge in [-0.2, -0.15) is 5.10 Å². The Balaban J connectivity index is 1.67. The number of hydrogen-bond acceptors (Lipinski definition) is 6. The molecule has 0 spiro atoms. The van der Waals surface area contributed by atoms with Crippen LogP contribution in [-0.4, -0.2) is 26.5 Å². The van der Waals surface area contributed by atoms with E-state index in [0.29, 0.717) is 18.1 Å². The van der Waals surface area contributed by atoms with Crippen molar-refractivity contribution in [2.24, 2.45) is 0 Å². The molecule has 21 heavy (non-hydrogen) atoms. The van der Waals surface area contributed by atoms with Crippen molar-refractivity contribution >= 4 is 0 Å². The lowest BCUT2D eigenvalue weighted by Crippen LogP contribution is -2.04. The second kappa shape index (κ2) is 4.62. The minimum Gasteiger partial charge on any atom is -0.454 e. The molecule has 0 saturated heterocycles. The highest BCUT2D eigenvalue weighted by Gasteiger charge is 2.16. The summed E-state index contributed by atoms with van der Waals surface area (Å²) in [6.45, 7) is 2.69. The Morgan fingerprint density at radius 2 is 2.10 bits per heavy atom. The molecule has 0 unspecified atom stereocenters. The van der Waals surface area contributed by atoms with E-state index in [9.17, 15) is 0 Å². The van der Waals surface area contributed by atoms with Crippen LogP contribution in [0.2, 0.25) is 0 Å². The largest absolute Gasteiger partial charge is 0.454 e. The third-order valence-corrected chi connectivity index (χ3v) is 3.34. The fraction of sp³-hybridized carbons (Fsp3) is 0.214. The van der Waals surface area contributed by atoms with Crippen LogP contribution in [0.25, 0.3) is 11.5 Å². The molecule has 0 bridgehead atoms. The van der Waals surface area contributed by atoms with Gasteiger partial charge in [-0.05, 0) is 24.6 Å². The first-order chi connectivity index (χ1) is 10.3. The van der Waals surface area contributed by atoms with Crippen molar-refractivity contribution < 1.29 is 13.9 Å². The summed E-state index contributed by atoms with van der Waals surface area (Å²) in [5, 5.41) is 4.25. The number of aromatic nitrogens is 4. The summed E-state index contributed by atoms with van der Waals surface area (Å²) in [5.41, 5.74) is 1.75. The zero-order chi connectivity index (χ0) is 14.2. The van der Waals surface area contributed by atoms with Gasteiger partial charge in [0.2, 0.25) is 6.79 Å². The number of ether oxygens (including phenoxy) is 2. The van der Waals surface area contributed by atoms with E-state index in [4.69, 9.17) is 13.9 Å². The predicted molar refractivity (Wildman–Crippen MR) is 71.9 cm³/mol. The molecule has 1 aromatic carbocycles. The van der Waals surface area contributed by atoms with Gasteiger partial charge in [-0.1, -0.05) is 6.07 Å². The minimum absolute atomic E-state index is 0.269. The van der Waals surface area contributed by atoms with Gasteiger partial charge in [-0.3, -0.25) is 0 Å². The van der Waals surface area contributed by atoms with Crippen LogP contribution in [-0.2, 0) is 6.54 Å². The molecule has 0 radical (unpaired) electrons. The second-order valence-corrected chi connectivity index (χ2v) is 4.69. The highest BCUT2D eigenvalue weighted by Crippen LogP contribution is 2.32. The van der Waals surface area contributed by atoms with Gasteiger partial charge in [0.05, 0.1) is 6.54 Å². The van der Waals surface area contributed by atoms with Crippen molar-refractivity contribution in [3.63, 3.8) is 0 Å². The van der Waals surface area contributed by atoms with Gasteiger partial charge in [-0.15, -0.1) is 0 Å². The zero-order valence-electron chi connectivity index (χ0n) is 11.3. The molecule has 7 heteroatoms. The average Bonchev–Trinajstić information content (AvgIpc) is 3.18. The molecule has 0 N–H and O–H groups in total. The van der Waals surface area contributed by atoms with E-state index in [1.807, 2.05) is 25.1 Å². The van der Waals surface area contributed by atoms with E-state index in [1.165, 1.54) is 12.7 Å². The summed E-state index contributed by atoms with van der Waals surface area (Å²) in [5.74, 6) is 2.92. The molecule has 7 nitrogen and oxygen atoms in total. The Morgan fingerprint density at radius 3 is 2.95 bits per heavy atom. The quantitative estimate of drug-likeness (QED) is 0.732. The third kappa shape index (κ3) is 2.03. The lowest BCUT2D eigenvalue weighted by Gasteiger charge is -2.06. The number of oxazole rings is 1. The maximum Gasteiger partial charge on any atom is 0.231 e. The Bertz CT molecular complexity index is 793. The molecule has 0 atom stereocenters. The Kier molecular flexibility index (Phi) is 2.63.